The van der Waals surface area contributed by atoms with Crippen LogP contribution in [0.25, 0.3) is 0 Å². The Hall–Kier alpha value is -1.30. The predicted molar refractivity (Wildman–Crippen MR) is 85.9 cm³/mol. The minimum Gasteiger partial charge on any atom is -0.388 e. The van der Waals surface area contributed by atoms with Crippen molar-refractivity contribution in [2.45, 2.75) is 0 Å². The van der Waals surface area contributed by atoms with Gasteiger partial charge in [0.1, 0.15) is 5.69 Å². The minimum absolute atomic E-state index is 0.277. The van der Waals surface area contributed by atoms with Crippen molar-refractivity contribution in [1.82, 2.24) is 4.98 Å². The number of rotatable bonds is 3. The number of nitrogens with zero attached hydrogens (tertiary/aromatic N) is 1. The van der Waals surface area contributed by atoms with Crippen molar-refractivity contribution >= 4 is 56.4 Å². The van der Waals surface area contributed by atoms with E-state index in [2.05, 4.69) is 31.5 Å². The highest BCUT2D eigenvalue weighted by molar-refractivity contribution is 9.10. The zero-order chi connectivity index (χ0) is 14.7. The van der Waals surface area contributed by atoms with Crippen LogP contribution in [0, 0.1) is 0 Å². The molecule has 0 fully saturated rings. The highest BCUT2D eigenvalue weighted by Gasteiger charge is 2.13. The molecule has 1 aromatic heterocycles. The Labute approximate surface area is 134 Å². The number of carbonyl (C=O) groups excluding carboxylic acids is 1. The minimum atomic E-state index is -0.359. The molecule has 2 aromatic rings. The van der Waals surface area contributed by atoms with Gasteiger partial charge in [0.2, 0.25) is 0 Å². The van der Waals surface area contributed by atoms with Gasteiger partial charge in [0.15, 0.2) is 0 Å². The summed E-state index contributed by atoms with van der Waals surface area (Å²) < 4.78 is 0.664. The summed E-state index contributed by atoms with van der Waals surface area (Å²) in [6, 6.07) is 6.78. The van der Waals surface area contributed by atoms with Crippen LogP contribution in [0.5, 0.6) is 0 Å². The number of benzene rings is 1. The molecule has 0 radical (unpaired) electrons. The van der Waals surface area contributed by atoms with E-state index in [9.17, 15) is 4.79 Å². The van der Waals surface area contributed by atoms with Gasteiger partial charge in [-0.3, -0.25) is 9.78 Å². The van der Waals surface area contributed by atoms with E-state index in [1.165, 1.54) is 0 Å². The smallest absolute Gasteiger partial charge is 0.274 e. The summed E-state index contributed by atoms with van der Waals surface area (Å²) in [6.07, 6.45) is 1.55. The fourth-order valence-electron chi connectivity index (χ4n) is 1.52. The van der Waals surface area contributed by atoms with Crippen LogP contribution in [0.3, 0.4) is 0 Å². The van der Waals surface area contributed by atoms with Crippen LogP contribution in [-0.4, -0.2) is 17.9 Å². The quantitative estimate of drug-likeness (QED) is 0.780. The standard InChI is InChI=1S/C13H10BrCl2N3O/c1-17-7-4-5-18-10(6-7)13(20)19-9-3-2-8(14)11(15)12(9)16/h2-6H,1H3,(H,17,18)(H,19,20). The van der Waals surface area contributed by atoms with Crippen molar-refractivity contribution in [2.75, 3.05) is 17.7 Å². The van der Waals surface area contributed by atoms with E-state index in [1.807, 2.05) is 0 Å². The van der Waals surface area contributed by atoms with Crippen LogP contribution in [-0.2, 0) is 0 Å². The molecule has 0 spiro atoms. The average Bonchev–Trinajstić information content (AvgIpc) is 2.48. The molecule has 1 amide bonds. The number of amides is 1. The predicted octanol–water partition coefficient (Wildman–Crippen LogP) is 4.44. The second-order valence-corrected chi connectivity index (χ2v) is 5.47. The Kier molecular flexibility index (Phi) is 4.86. The number of anilines is 2. The lowest BCUT2D eigenvalue weighted by molar-refractivity contribution is 0.102. The lowest BCUT2D eigenvalue weighted by atomic mass is 10.2. The lowest BCUT2D eigenvalue weighted by Gasteiger charge is -2.09. The molecule has 4 nitrogen and oxygen atoms in total. The zero-order valence-corrected chi connectivity index (χ0v) is 13.5. The highest BCUT2D eigenvalue weighted by atomic mass is 79.9. The summed E-state index contributed by atoms with van der Waals surface area (Å²) in [5, 5.41) is 6.25. The van der Waals surface area contributed by atoms with Gasteiger partial charge in [-0.1, -0.05) is 23.2 Å². The molecule has 0 atom stereocenters. The average molecular weight is 375 g/mol. The van der Waals surface area contributed by atoms with Gasteiger partial charge in [-0.05, 0) is 40.2 Å². The monoisotopic (exact) mass is 373 g/mol. The maximum atomic E-state index is 12.1. The van der Waals surface area contributed by atoms with Gasteiger partial charge in [0, 0.05) is 23.4 Å². The molecule has 2 rings (SSSR count). The fraction of sp³-hybridized carbons (Fsp3) is 0.0769. The lowest BCUT2D eigenvalue weighted by Crippen LogP contribution is -2.14. The number of hydrogen-bond acceptors (Lipinski definition) is 3. The Bertz CT molecular complexity index is 664. The number of aromatic nitrogens is 1. The molecule has 0 saturated heterocycles. The van der Waals surface area contributed by atoms with E-state index in [0.717, 1.165) is 5.69 Å². The van der Waals surface area contributed by atoms with E-state index in [-0.39, 0.29) is 16.6 Å². The van der Waals surface area contributed by atoms with Crippen LogP contribution >= 0.6 is 39.1 Å². The molecule has 2 N–H and O–H groups in total. The maximum absolute atomic E-state index is 12.1. The Morgan fingerprint density at radius 1 is 1.25 bits per heavy atom. The second-order valence-electron chi connectivity index (χ2n) is 3.86. The van der Waals surface area contributed by atoms with Gasteiger partial charge in [-0.2, -0.15) is 0 Å². The summed E-state index contributed by atoms with van der Waals surface area (Å²) in [4.78, 5) is 16.1. The SMILES string of the molecule is CNc1ccnc(C(=O)Nc2ccc(Br)c(Cl)c2Cl)c1. The molecule has 1 aromatic carbocycles. The molecular weight excluding hydrogens is 365 g/mol. The van der Waals surface area contributed by atoms with Gasteiger partial charge in [0.05, 0.1) is 15.7 Å². The first kappa shape index (κ1) is 15.1. The molecule has 0 aliphatic rings. The summed E-state index contributed by atoms with van der Waals surface area (Å²) >= 11 is 15.3. The third-order valence-electron chi connectivity index (χ3n) is 2.56. The van der Waals surface area contributed by atoms with Crippen molar-refractivity contribution in [3.05, 3.63) is 50.7 Å². The van der Waals surface area contributed by atoms with E-state index in [0.29, 0.717) is 15.2 Å². The van der Waals surface area contributed by atoms with Crippen molar-refractivity contribution < 1.29 is 4.79 Å². The van der Waals surface area contributed by atoms with Gasteiger partial charge >= 0.3 is 0 Å². The van der Waals surface area contributed by atoms with Crippen LogP contribution in [0.2, 0.25) is 10.0 Å². The molecule has 0 aliphatic heterocycles. The van der Waals surface area contributed by atoms with Gasteiger partial charge in [-0.15, -0.1) is 0 Å². The third kappa shape index (κ3) is 3.23. The van der Waals surface area contributed by atoms with E-state index >= 15 is 0 Å². The van der Waals surface area contributed by atoms with Crippen LogP contribution < -0.4 is 10.6 Å². The topological polar surface area (TPSA) is 54.0 Å². The summed E-state index contributed by atoms with van der Waals surface area (Å²) in [6.45, 7) is 0. The van der Waals surface area contributed by atoms with Crippen LogP contribution in [0.15, 0.2) is 34.9 Å². The number of pyridine rings is 1. The number of nitrogens with one attached hydrogen (secondary N) is 2. The normalized spacial score (nSPS) is 10.2. The second kappa shape index (κ2) is 6.43. The number of halogens is 3. The number of hydrogen-bond donors (Lipinski definition) is 2. The molecule has 0 saturated carbocycles. The summed E-state index contributed by atoms with van der Waals surface area (Å²) in [5.41, 5.74) is 1.51. The van der Waals surface area contributed by atoms with Crippen molar-refractivity contribution in [3.63, 3.8) is 0 Å². The molecule has 20 heavy (non-hydrogen) atoms. The molecule has 0 aliphatic carbocycles. The van der Waals surface area contributed by atoms with Gasteiger partial charge in [-0.25, -0.2) is 0 Å². The molecule has 0 unspecified atom stereocenters. The first-order chi connectivity index (χ1) is 9.52. The first-order valence-corrected chi connectivity index (χ1v) is 7.16. The maximum Gasteiger partial charge on any atom is 0.274 e. The third-order valence-corrected chi connectivity index (χ3v) is 4.34. The fourth-order valence-corrected chi connectivity index (χ4v) is 2.34. The molecular formula is C13H10BrCl2N3O. The summed E-state index contributed by atoms with van der Waals surface area (Å²) in [5.74, 6) is -0.359. The van der Waals surface area contributed by atoms with Crippen LogP contribution in [0.4, 0.5) is 11.4 Å². The van der Waals surface area contributed by atoms with E-state index in [4.69, 9.17) is 23.2 Å². The Balaban J connectivity index is 2.25. The molecule has 104 valence electrons. The molecule has 1 heterocycles. The Morgan fingerprint density at radius 2 is 2.00 bits per heavy atom. The zero-order valence-electron chi connectivity index (χ0n) is 10.4. The van der Waals surface area contributed by atoms with Crippen LogP contribution in [0.1, 0.15) is 10.5 Å². The van der Waals surface area contributed by atoms with Crippen molar-refractivity contribution in [2.24, 2.45) is 0 Å². The highest BCUT2D eigenvalue weighted by Crippen LogP contribution is 2.35. The molecule has 0 bridgehead atoms. The van der Waals surface area contributed by atoms with Gasteiger partial charge < -0.3 is 10.6 Å². The first-order valence-electron chi connectivity index (χ1n) is 5.61. The van der Waals surface area contributed by atoms with Gasteiger partial charge in [0.25, 0.3) is 5.91 Å². The largest absolute Gasteiger partial charge is 0.388 e. The Morgan fingerprint density at radius 3 is 2.70 bits per heavy atom. The molecule has 7 heteroatoms. The van der Waals surface area contributed by atoms with Crippen molar-refractivity contribution in [3.8, 4) is 0 Å². The van der Waals surface area contributed by atoms with Crippen molar-refractivity contribution in [1.29, 1.82) is 0 Å². The number of carbonyl (C=O) groups is 1. The van der Waals surface area contributed by atoms with E-state index < -0.39 is 0 Å². The summed E-state index contributed by atoms with van der Waals surface area (Å²) in [7, 11) is 1.77. The van der Waals surface area contributed by atoms with E-state index in [1.54, 1.807) is 37.5 Å².